The first-order valence-electron chi connectivity index (χ1n) is 6.00. The highest BCUT2D eigenvalue weighted by atomic mass is 16.3. The molecule has 1 aromatic heterocycles. The summed E-state index contributed by atoms with van der Waals surface area (Å²) < 4.78 is 5.52. The van der Waals surface area contributed by atoms with Crippen LogP contribution >= 0.6 is 0 Å². The van der Waals surface area contributed by atoms with Gasteiger partial charge in [0.05, 0.1) is 6.04 Å². The van der Waals surface area contributed by atoms with Gasteiger partial charge in [0.25, 0.3) is 0 Å². The Morgan fingerprint density at radius 3 is 2.71 bits per heavy atom. The number of furan rings is 1. The zero-order valence-electron chi connectivity index (χ0n) is 11.1. The largest absolute Gasteiger partial charge is 0.465 e. The standard InChI is InChI=1S/C13H22N2O2/c1-10-7-8-12(17-10)11(2)14-9-5-6-13(16)15(3)4/h7-8,11,14H,5-6,9H2,1-4H3. The van der Waals surface area contributed by atoms with Crippen molar-refractivity contribution < 1.29 is 9.21 Å². The van der Waals surface area contributed by atoms with Crippen molar-refractivity contribution in [3.63, 3.8) is 0 Å². The number of hydrogen-bond acceptors (Lipinski definition) is 3. The molecule has 4 heteroatoms. The van der Waals surface area contributed by atoms with Crippen molar-refractivity contribution in [3.8, 4) is 0 Å². The molecule has 0 aliphatic rings. The lowest BCUT2D eigenvalue weighted by Gasteiger charge is -2.12. The summed E-state index contributed by atoms with van der Waals surface area (Å²) >= 11 is 0. The number of carbonyl (C=O) groups is 1. The van der Waals surface area contributed by atoms with Crippen molar-refractivity contribution in [2.75, 3.05) is 20.6 Å². The molecule has 4 nitrogen and oxygen atoms in total. The Balaban J connectivity index is 2.21. The maximum atomic E-state index is 11.3. The Labute approximate surface area is 103 Å². The van der Waals surface area contributed by atoms with Crippen LogP contribution in [0.1, 0.15) is 37.3 Å². The van der Waals surface area contributed by atoms with Gasteiger partial charge in [-0.3, -0.25) is 4.79 Å². The Bertz CT molecular complexity index is 358. The maximum absolute atomic E-state index is 11.3. The van der Waals surface area contributed by atoms with Gasteiger partial charge in [-0.25, -0.2) is 0 Å². The predicted octanol–water partition coefficient (Wildman–Crippen LogP) is 2.11. The molecule has 0 bridgehead atoms. The third-order valence-corrected chi connectivity index (χ3v) is 2.70. The predicted molar refractivity (Wildman–Crippen MR) is 67.8 cm³/mol. The van der Waals surface area contributed by atoms with Crippen molar-refractivity contribution in [1.82, 2.24) is 10.2 Å². The van der Waals surface area contributed by atoms with Crippen molar-refractivity contribution in [2.45, 2.75) is 32.7 Å². The third-order valence-electron chi connectivity index (χ3n) is 2.70. The monoisotopic (exact) mass is 238 g/mol. The number of carbonyl (C=O) groups excluding carboxylic acids is 1. The molecule has 96 valence electrons. The summed E-state index contributed by atoms with van der Waals surface area (Å²) in [6, 6.07) is 4.14. The van der Waals surface area contributed by atoms with Gasteiger partial charge in [0.15, 0.2) is 0 Å². The Hall–Kier alpha value is -1.29. The Morgan fingerprint density at radius 1 is 1.47 bits per heavy atom. The fraction of sp³-hybridized carbons (Fsp3) is 0.615. The summed E-state index contributed by atoms with van der Waals surface area (Å²) in [5.41, 5.74) is 0. The van der Waals surface area contributed by atoms with Gasteiger partial charge in [-0.1, -0.05) is 0 Å². The third kappa shape index (κ3) is 4.61. The van der Waals surface area contributed by atoms with E-state index in [1.807, 2.05) is 19.1 Å². The van der Waals surface area contributed by atoms with Crippen LogP contribution in [0.4, 0.5) is 0 Å². The molecule has 0 aromatic carbocycles. The smallest absolute Gasteiger partial charge is 0.222 e. The molecular weight excluding hydrogens is 216 g/mol. The second-order valence-electron chi connectivity index (χ2n) is 4.52. The van der Waals surface area contributed by atoms with Gasteiger partial charge in [0.1, 0.15) is 11.5 Å². The van der Waals surface area contributed by atoms with Crippen molar-refractivity contribution >= 4 is 5.91 Å². The van der Waals surface area contributed by atoms with Crippen LogP contribution in [0.25, 0.3) is 0 Å². The number of amides is 1. The highest BCUT2D eigenvalue weighted by Gasteiger charge is 2.09. The van der Waals surface area contributed by atoms with Crippen LogP contribution in [0.15, 0.2) is 16.5 Å². The van der Waals surface area contributed by atoms with E-state index >= 15 is 0 Å². The number of hydrogen-bond donors (Lipinski definition) is 1. The van der Waals surface area contributed by atoms with Crippen molar-refractivity contribution in [1.29, 1.82) is 0 Å². The van der Waals surface area contributed by atoms with E-state index < -0.39 is 0 Å². The lowest BCUT2D eigenvalue weighted by molar-refractivity contribution is -0.128. The second kappa shape index (κ2) is 6.45. The minimum atomic E-state index is 0.174. The van der Waals surface area contributed by atoms with Crippen molar-refractivity contribution in [2.24, 2.45) is 0 Å². The minimum Gasteiger partial charge on any atom is -0.465 e. The van der Waals surface area contributed by atoms with Crippen LogP contribution in [-0.2, 0) is 4.79 Å². The lowest BCUT2D eigenvalue weighted by atomic mass is 10.2. The molecule has 0 radical (unpaired) electrons. The summed E-state index contributed by atoms with van der Waals surface area (Å²) in [6.07, 6.45) is 1.44. The van der Waals surface area contributed by atoms with E-state index in [-0.39, 0.29) is 11.9 Å². The molecular formula is C13H22N2O2. The number of nitrogens with one attached hydrogen (secondary N) is 1. The number of nitrogens with zero attached hydrogens (tertiary/aromatic N) is 1. The van der Waals surface area contributed by atoms with Crippen LogP contribution < -0.4 is 5.32 Å². The van der Waals surface area contributed by atoms with Crippen LogP contribution in [0.5, 0.6) is 0 Å². The Morgan fingerprint density at radius 2 is 2.18 bits per heavy atom. The van der Waals surface area contributed by atoms with E-state index in [4.69, 9.17) is 4.42 Å². The molecule has 0 saturated heterocycles. The van der Waals surface area contributed by atoms with Crippen LogP contribution in [-0.4, -0.2) is 31.4 Å². The summed E-state index contributed by atoms with van der Waals surface area (Å²) in [5.74, 6) is 2.05. The molecule has 0 aliphatic heterocycles. The summed E-state index contributed by atoms with van der Waals surface area (Å²) in [5, 5.41) is 3.34. The highest BCUT2D eigenvalue weighted by Crippen LogP contribution is 2.15. The summed E-state index contributed by atoms with van der Waals surface area (Å²) in [4.78, 5) is 13.0. The van der Waals surface area contributed by atoms with Gasteiger partial charge in [0.2, 0.25) is 5.91 Å². The molecule has 1 amide bonds. The topological polar surface area (TPSA) is 45.5 Å². The quantitative estimate of drug-likeness (QED) is 0.772. The van der Waals surface area contributed by atoms with E-state index in [1.165, 1.54) is 0 Å². The molecule has 0 fully saturated rings. The van der Waals surface area contributed by atoms with Crippen molar-refractivity contribution in [3.05, 3.63) is 23.7 Å². The normalized spacial score (nSPS) is 12.5. The number of rotatable bonds is 6. The zero-order valence-corrected chi connectivity index (χ0v) is 11.1. The van der Waals surface area contributed by atoms with Gasteiger partial charge in [0, 0.05) is 20.5 Å². The average molecular weight is 238 g/mol. The van der Waals surface area contributed by atoms with Gasteiger partial charge in [-0.05, 0) is 38.9 Å². The van der Waals surface area contributed by atoms with Crippen LogP contribution in [0, 0.1) is 6.92 Å². The van der Waals surface area contributed by atoms with Gasteiger partial charge >= 0.3 is 0 Å². The van der Waals surface area contributed by atoms with Crippen LogP contribution in [0.3, 0.4) is 0 Å². The molecule has 0 saturated carbocycles. The van der Waals surface area contributed by atoms with E-state index in [0.29, 0.717) is 6.42 Å². The first kappa shape index (κ1) is 13.8. The van der Waals surface area contributed by atoms with Gasteiger partial charge in [-0.15, -0.1) is 0 Å². The highest BCUT2D eigenvalue weighted by molar-refractivity contribution is 5.75. The summed E-state index contributed by atoms with van der Waals surface area (Å²) in [6.45, 7) is 4.82. The van der Waals surface area contributed by atoms with E-state index in [9.17, 15) is 4.79 Å². The number of aryl methyl sites for hydroxylation is 1. The lowest BCUT2D eigenvalue weighted by Crippen LogP contribution is -2.24. The molecule has 1 rings (SSSR count). The molecule has 1 aromatic rings. The SMILES string of the molecule is Cc1ccc(C(C)NCCCC(=O)N(C)C)o1. The Kier molecular flexibility index (Phi) is 5.22. The fourth-order valence-corrected chi connectivity index (χ4v) is 1.57. The maximum Gasteiger partial charge on any atom is 0.222 e. The second-order valence-corrected chi connectivity index (χ2v) is 4.52. The molecule has 0 spiro atoms. The van der Waals surface area contributed by atoms with Crippen LogP contribution in [0.2, 0.25) is 0 Å². The molecule has 1 atom stereocenters. The minimum absolute atomic E-state index is 0.174. The molecule has 0 aliphatic carbocycles. The zero-order chi connectivity index (χ0) is 12.8. The molecule has 1 unspecified atom stereocenters. The molecule has 1 heterocycles. The molecule has 1 N–H and O–H groups in total. The van der Waals surface area contributed by atoms with E-state index in [2.05, 4.69) is 12.2 Å². The van der Waals surface area contributed by atoms with E-state index in [0.717, 1.165) is 24.5 Å². The first-order chi connectivity index (χ1) is 8.00. The fourth-order valence-electron chi connectivity index (χ4n) is 1.57. The van der Waals surface area contributed by atoms with E-state index in [1.54, 1.807) is 19.0 Å². The first-order valence-corrected chi connectivity index (χ1v) is 6.00. The van der Waals surface area contributed by atoms with Gasteiger partial charge in [-0.2, -0.15) is 0 Å². The summed E-state index contributed by atoms with van der Waals surface area (Å²) in [7, 11) is 3.56. The molecule has 17 heavy (non-hydrogen) atoms. The average Bonchev–Trinajstić information content (AvgIpc) is 2.70. The van der Waals surface area contributed by atoms with Gasteiger partial charge < -0.3 is 14.6 Å².